The van der Waals surface area contributed by atoms with Gasteiger partial charge in [-0.2, -0.15) is 0 Å². The van der Waals surface area contributed by atoms with E-state index in [0.717, 1.165) is 4.90 Å². The number of ether oxygens (including phenoxy) is 1. The number of terminal acetylenes is 1. The van der Waals surface area contributed by atoms with Crippen molar-refractivity contribution in [1.82, 2.24) is 0 Å². The van der Waals surface area contributed by atoms with Crippen molar-refractivity contribution in [3.63, 3.8) is 0 Å². The second-order valence-electron chi connectivity index (χ2n) is 5.35. The Labute approximate surface area is 164 Å². The predicted octanol–water partition coefficient (Wildman–Crippen LogP) is 5.08. The van der Waals surface area contributed by atoms with Crippen molar-refractivity contribution in [2.24, 2.45) is 0 Å². The molecule has 1 unspecified atom stereocenters. The normalized spacial score (nSPS) is 11.6. The summed E-state index contributed by atoms with van der Waals surface area (Å²) in [4.78, 5) is 14.7. The number of hydrogen-bond acceptors (Lipinski definition) is 2. The van der Waals surface area contributed by atoms with Crippen molar-refractivity contribution in [3.8, 4) is 18.1 Å². The minimum atomic E-state index is -0.745. The van der Waals surface area contributed by atoms with E-state index in [0.29, 0.717) is 5.75 Å². The molecule has 1 atom stereocenters. The van der Waals surface area contributed by atoms with E-state index in [4.69, 9.17) is 11.2 Å². The number of benzene rings is 3. The average Bonchev–Trinajstić information content (AvgIpc) is 2.70. The largest absolute Gasteiger partial charge is 0.425 e. The summed E-state index contributed by atoms with van der Waals surface area (Å²) < 4.78 is 5.29. The van der Waals surface area contributed by atoms with E-state index in [9.17, 15) is 4.79 Å². The molecule has 0 aromatic heterocycles. The predicted molar refractivity (Wildman–Crippen MR) is 109 cm³/mol. The minimum Gasteiger partial charge on any atom is -0.425 e. The summed E-state index contributed by atoms with van der Waals surface area (Å²) in [7, 11) is -0.228. The molecule has 2 nitrogen and oxygen atoms in total. The van der Waals surface area contributed by atoms with E-state index in [1.807, 2.05) is 48.5 Å². The molecule has 128 valence electrons. The van der Waals surface area contributed by atoms with Crippen molar-refractivity contribution >= 4 is 32.8 Å². The Kier molecular flexibility index (Phi) is 6.17. The van der Waals surface area contributed by atoms with Gasteiger partial charge in [0.15, 0.2) is 19.5 Å². The van der Waals surface area contributed by atoms with Gasteiger partial charge in [0, 0.05) is 0 Å². The van der Waals surface area contributed by atoms with Crippen LogP contribution in [0.3, 0.4) is 0 Å². The van der Waals surface area contributed by atoms with Crippen molar-refractivity contribution < 1.29 is 9.53 Å². The number of hydrogen-bond donors (Lipinski definition) is 0. The quantitative estimate of drug-likeness (QED) is 0.188. The molecule has 3 aromatic rings. The molecule has 0 N–H and O–H groups in total. The molecule has 3 aromatic carbocycles. The molecule has 0 aliphatic rings. The molecule has 4 heteroatoms. The van der Waals surface area contributed by atoms with Gasteiger partial charge in [0.05, 0.1) is 10.9 Å². The number of carbonyl (C=O) groups excluding carboxylic acids is 1. The SMILES string of the molecule is C#CC(Br)C(=O)Oc1ccc([S+](c2ccccc2)c2ccccc2)cc1. The summed E-state index contributed by atoms with van der Waals surface area (Å²) in [5.74, 6) is 2.28. The molecule has 0 amide bonds. The van der Waals surface area contributed by atoms with Gasteiger partial charge in [0.25, 0.3) is 0 Å². The molecular formula is C22H16BrO2S+. The average molecular weight is 424 g/mol. The first-order valence-corrected chi connectivity index (χ1v) is 10.1. The van der Waals surface area contributed by atoms with Gasteiger partial charge in [-0.05, 0) is 48.5 Å². The summed E-state index contributed by atoms with van der Waals surface area (Å²) in [5, 5.41) is 0. The molecule has 0 aliphatic heterocycles. The van der Waals surface area contributed by atoms with Crippen LogP contribution >= 0.6 is 15.9 Å². The van der Waals surface area contributed by atoms with Crippen LogP contribution < -0.4 is 4.74 Å². The second-order valence-corrected chi connectivity index (χ2v) is 8.30. The van der Waals surface area contributed by atoms with Crippen LogP contribution in [0.5, 0.6) is 5.75 Å². The zero-order valence-corrected chi connectivity index (χ0v) is 16.2. The van der Waals surface area contributed by atoms with Crippen LogP contribution in [0.15, 0.2) is 99.6 Å². The summed E-state index contributed by atoms with van der Waals surface area (Å²) in [6.07, 6.45) is 5.22. The maximum atomic E-state index is 11.8. The van der Waals surface area contributed by atoms with Crippen LogP contribution in [-0.2, 0) is 15.7 Å². The van der Waals surface area contributed by atoms with Crippen molar-refractivity contribution in [2.45, 2.75) is 19.5 Å². The molecule has 3 rings (SSSR count). The first kappa shape index (κ1) is 18.3. The Balaban J connectivity index is 1.91. The zero-order chi connectivity index (χ0) is 18.4. The van der Waals surface area contributed by atoms with E-state index in [2.05, 4.69) is 46.1 Å². The Hall–Kier alpha value is -2.48. The number of alkyl halides is 1. The Bertz CT molecular complexity index is 863. The molecule has 0 spiro atoms. The van der Waals surface area contributed by atoms with Gasteiger partial charge in [-0.15, -0.1) is 6.42 Å². The standard InChI is InChI=1S/C22H16BrO2S/c1-2-21(23)22(24)25-17-13-15-20(16-14-17)26(18-9-5-3-6-10-18)19-11-7-4-8-12-19/h1,3-16,21H/q+1. The van der Waals surface area contributed by atoms with E-state index in [1.165, 1.54) is 9.79 Å². The van der Waals surface area contributed by atoms with E-state index in [1.54, 1.807) is 12.1 Å². The molecule has 0 saturated heterocycles. The molecule has 0 bridgehead atoms. The van der Waals surface area contributed by atoms with E-state index >= 15 is 0 Å². The lowest BCUT2D eigenvalue weighted by atomic mass is 10.3. The highest BCUT2D eigenvalue weighted by atomic mass is 79.9. The zero-order valence-electron chi connectivity index (χ0n) is 13.8. The summed E-state index contributed by atoms with van der Waals surface area (Å²) in [6.45, 7) is 0. The van der Waals surface area contributed by atoms with E-state index in [-0.39, 0.29) is 10.9 Å². The lowest BCUT2D eigenvalue weighted by molar-refractivity contribution is -0.132. The van der Waals surface area contributed by atoms with Gasteiger partial charge in [-0.3, -0.25) is 0 Å². The fourth-order valence-electron chi connectivity index (χ4n) is 2.40. The van der Waals surface area contributed by atoms with Crippen LogP contribution in [0.2, 0.25) is 0 Å². The van der Waals surface area contributed by atoms with Crippen LogP contribution in [0.4, 0.5) is 0 Å². The third-order valence-corrected chi connectivity index (χ3v) is 6.46. The Morgan fingerprint density at radius 2 is 1.31 bits per heavy atom. The maximum Gasteiger partial charge on any atom is 0.337 e. The Morgan fingerprint density at radius 1 is 0.846 bits per heavy atom. The van der Waals surface area contributed by atoms with Crippen LogP contribution in [0.1, 0.15) is 0 Å². The molecule has 0 aliphatic carbocycles. The monoisotopic (exact) mass is 423 g/mol. The summed E-state index contributed by atoms with van der Waals surface area (Å²) in [6, 6.07) is 28.3. The van der Waals surface area contributed by atoms with Gasteiger partial charge in [0.1, 0.15) is 5.75 Å². The third kappa shape index (κ3) is 4.37. The van der Waals surface area contributed by atoms with Crippen LogP contribution in [0.25, 0.3) is 0 Å². The number of halogens is 1. The minimum absolute atomic E-state index is 0.228. The maximum absolute atomic E-state index is 11.8. The van der Waals surface area contributed by atoms with Crippen LogP contribution in [-0.4, -0.2) is 10.8 Å². The number of rotatable bonds is 5. The highest BCUT2D eigenvalue weighted by molar-refractivity contribution is 9.10. The smallest absolute Gasteiger partial charge is 0.337 e. The van der Waals surface area contributed by atoms with Crippen molar-refractivity contribution in [1.29, 1.82) is 0 Å². The van der Waals surface area contributed by atoms with Gasteiger partial charge in [-0.1, -0.05) is 58.2 Å². The summed E-state index contributed by atoms with van der Waals surface area (Å²) >= 11 is 3.09. The number of carbonyl (C=O) groups is 1. The second kappa shape index (κ2) is 8.75. The number of esters is 1. The lowest BCUT2D eigenvalue weighted by Gasteiger charge is -2.09. The van der Waals surface area contributed by atoms with Gasteiger partial charge in [-0.25, -0.2) is 4.79 Å². The topological polar surface area (TPSA) is 26.3 Å². The molecule has 0 saturated carbocycles. The van der Waals surface area contributed by atoms with Crippen molar-refractivity contribution in [2.75, 3.05) is 0 Å². The Morgan fingerprint density at radius 3 is 1.77 bits per heavy atom. The highest BCUT2D eigenvalue weighted by Crippen LogP contribution is 2.31. The molecular weight excluding hydrogens is 408 g/mol. The van der Waals surface area contributed by atoms with Gasteiger partial charge < -0.3 is 4.74 Å². The third-order valence-electron chi connectivity index (χ3n) is 3.59. The lowest BCUT2D eigenvalue weighted by Crippen LogP contribution is -2.18. The highest BCUT2D eigenvalue weighted by Gasteiger charge is 2.28. The van der Waals surface area contributed by atoms with Gasteiger partial charge >= 0.3 is 5.97 Å². The first-order valence-electron chi connectivity index (χ1n) is 7.95. The fourth-order valence-corrected chi connectivity index (χ4v) is 4.58. The molecule has 26 heavy (non-hydrogen) atoms. The van der Waals surface area contributed by atoms with E-state index < -0.39 is 10.8 Å². The van der Waals surface area contributed by atoms with Crippen molar-refractivity contribution in [3.05, 3.63) is 84.9 Å². The van der Waals surface area contributed by atoms with Gasteiger partial charge in [0.2, 0.25) is 0 Å². The first-order chi connectivity index (χ1) is 12.7. The van der Waals surface area contributed by atoms with Crippen LogP contribution in [0, 0.1) is 12.3 Å². The molecule has 0 heterocycles. The molecule has 0 radical (unpaired) electrons. The fraction of sp³-hybridized carbons (Fsp3) is 0.0455. The summed E-state index contributed by atoms with van der Waals surface area (Å²) in [5.41, 5.74) is 0. The molecule has 0 fully saturated rings.